The van der Waals surface area contributed by atoms with Crippen molar-refractivity contribution in [3.05, 3.63) is 64.3 Å². The van der Waals surface area contributed by atoms with Gasteiger partial charge in [-0.3, -0.25) is 14.5 Å². The zero-order chi connectivity index (χ0) is 23.3. The molecule has 3 heterocycles. The third-order valence-electron chi connectivity index (χ3n) is 5.40. The number of carbonyl (C=O) groups is 1. The number of aromatic amines is 1. The number of H-pyrrole nitrogens is 1. The van der Waals surface area contributed by atoms with E-state index in [2.05, 4.69) is 19.7 Å². The number of rotatable bonds is 4. The highest BCUT2D eigenvalue weighted by Crippen LogP contribution is 2.36. The minimum Gasteiger partial charge on any atom is -0.337 e. The van der Waals surface area contributed by atoms with E-state index in [0.717, 1.165) is 5.56 Å². The summed E-state index contributed by atoms with van der Waals surface area (Å²) in [5.41, 5.74) is 3.67. The molecule has 0 atom stereocenters. The van der Waals surface area contributed by atoms with Gasteiger partial charge < -0.3 is 9.88 Å². The van der Waals surface area contributed by atoms with E-state index in [0.29, 0.717) is 51.9 Å². The summed E-state index contributed by atoms with van der Waals surface area (Å²) in [5, 5.41) is 0.568. The molecule has 0 bridgehead atoms. The summed E-state index contributed by atoms with van der Waals surface area (Å²) in [7, 11) is -3.97. The largest absolute Gasteiger partial charge is 0.337 e. The number of halogens is 2. The summed E-state index contributed by atoms with van der Waals surface area (Å²) in [6.07, 6.45) is 2.09. The maximum Gasteiger partial charge on any atom is 0.263 e. The van der Waals surface area contributed by atoms with Gasteiger partial charge in [0.1, 0.15) is 10.6 Å². The Balaban J connectivity index is 1.45. The Bertz CT molecular complexity index is 1520. The number of hydrogen-bond donors (Lipinski definition) is 2. The fourth-order valence-corrected chi connectivity index (χ4v) is 5.58. The number of nitrogens with one attached hydrogen (secondary N) is 2. The average Bonchev–Trinajstić information content (AvgIpc) is 3.36. The van der Waals surface area contributed by atoms with Crippen molar-refractivity contribution in [3.8, 4) is 11.5 Å². The van der Waals surface area contributed by atoms with E-state index in [1.54, 1.807) is 35.2 Å². The summed E-state index contributed by atoms with van der Waals surface area (Å²) >= 11 is 12.2. The van der Waals surface area contributed by atoms with Gasteiger partial charge in [-0.1, -0.05) is 23.2 Å². The van der Waals surface area contributed by atoms with Gasteiger partial charge in [-0.15, -0.1) is 0 Å². The van der Waals surface area contributed by atoms with E-state index >= 15 is 0 Å². The molecule has 0 aliphatic carbocycles. The van der Waals surface area contributed by atoms with Gasteiger partial charge in [0.15, 0.2) is 5.82 Å². The van der Waals surface area contributed by atoms with Crippen molar-refractivity contribution in [2.75, 3.05) is 16.2 Å². The molecule has 0 radical (unpaired) electrons. The van der Waals surface area contributed by atoms with E-state index in [1.807, 2.05) is 0 Å². The van der Waals surface area contributed by atoms with Crippen LogP contribution in [-0.4, -0.2) is 35.8 Å². The van der Waals surface area contributed by atoms with Crippen molar-refractivity contribution in [1.29, 1.82) is 0 Å². The fourth-order valence-electron chi connectivity index (χ4n) is 3.84. The van der Waals surface area contributed by atoms with Crippen molar-refractivity contribution in [2.45, 2.75) is 18.2 Å². The predicted octanol–water partition coefficient (Wildman–Crippen LogP) is 4.64. The molecule has 1 aliphatic rings. The smallest absolute Gasteiger partial charge is 0.263 e. The Hall–Kier alpha value is -3.14. The Morgan fingerprint density at radius 2 is 1.97 bits per heavy atom. The van der Waals surface area contributed by atoms with Gasteiger partial charge in [0, 0.05) is 25.4 Å². The number of benzene rings is 2. The van der Waals surface area contributed by atoms with Gasteiger partial charge in [-0.25, -0.2) is 13.4 Å². The normalized spacial score (nSPS) is 13.4. The SMILES string of the molecule is CC(=O)N1CCc2cc(S(=O)(=O)Nc3ccc4nc(-c5ccc(Cl)cn5)[nH]c4c3)c(Cl)cc21. The van der Waals surface area contributed by atoms with Crippen LogP contribution in [0.15, 0.2) is 53.6 Å². The summed E-state index contributed by atoms with van der Waals surface area (Å²) in [4.78, 5) is 25.2. The van der Waals surface area contributed by atoms with E-state index in [9.17, 15) is 13.2 Å². The topological polar surface area (TPSA) is 108 Å². The monoisotopic (exact) mass is 501 g/mol. The van der Waals surface area contributed by atoms with Crippen LogP contribution in [0.5, 0.6) is 0 Å². The second kappa shape index (κ2) is 8.02. The molecule has 2 aromatic carbocycles. The molecule has 0 fully saturated rings. The molecule has 4 aromatic rings. The molecule has 0 spiro atoms. The molecule has 0 unspecified atom stereocenters. The quantitative estimate of drug-likeness (QED) is 0.423. The van der Waals surface area contributed by atoms with E-state index in [1.165, 1.54) is 25.3 Å². The van der Waals surface area contributed by atoms with Gasteiger partial charge in [0.2, 0.25) is 5.91 Å². The molecule has 168 valence electrons. The molecule has 2 aromatic heterocycles. The van der Waals surface area contributed by atoms with Gasteiger partial charge >= 0.3 is 0 Å². The lowest BCUT2D eigenvalue weighted by Crippen LogP contribution is -2.25. The Morgan fingerprint density at radius 3 is 2.70 bits per heavy atom. The maximum absolute atomic E-state index is 13.1. The first-order valence-electron chi connectivity index (χ1n) is 9.96. The van der Waals surface area contributed by atoms with Crippen LogP contribution in [0.25, 0.3) is 22.6 Å². The number of imidazole rings is 1. The maximum atomic E-state index is 13.1. The van der Waals surface area contributed by atoms with Crippen LogP contribution in [0, 0.1) is 0 Å². The second-order valence-electron chi connectivity index (χ2n) is 7.62. The predicted molar refractivity (Wildman–Crippen MR) is 128 cm³/mol. The summed E-state index contributed by atoms with van der Waals surface area (Å²) in [6, 6.07) is 11.5. The highest BCUT2D eigenvalue weighted by molar-refractivity contribution is 7.92. The standard InChI is InChI=1S/C22H17Cl2N5O3S/c1-12(30)29-7-6-13-8-21(16(24)10-20(13)29)33(31,32)28-15-3-5-17-19(9-15)27-22(26-17)18-4-2-14(23)11-25-18/h2-5,8-11,28H,6-7H2,1H3,(H,26,27). The first-order chi connectivity index (χ1) is 15.7. The van der Waals surface area contributed by atoms with Crippen molar-refractivity contribution in [3.63, 3.8) is 0 Å². The lowest BCUT2D eigenvalue weighted by Gasteiger charge is -2.16. The van der Waals surface area contributed by atoms with Crippen LogP contribution in [0.3, 0.4) is 0 Å². The zero-order valence-electron chi connectivity index (χ0n) is 17.3. The molecule has 33 heavy (non-hydrogen) atoms. The van der Waals surface area contributed by atoms with Crippen LogP contribution in [0.2, 0.25) is 10.0 Å². The van der Waals surface area contributed by atoms with Crippen LogP contribution in [0.4, 0.5) is 11.4 Å². The summed E-state index contributed by atoms with van der Waals surface area (Å²) < 4.78 is 28.8. The average molecular weight is 502 g/mol. The lowest BCUT2D eigenvalue weighted by atomic mass is 10.2. The molecule has 2 N–H and O–H groups in total. The number of carbonyl (C=O) groups excluding carboxylic acids is 1. The molecule has 0 saturated heterocycles. The van der Waals surface area contributed by atoms with Gasteiger partial charge in [-0.2, -0.15) is 0 Å². The third-order valence-corrected chi connectivity index (χ3v) is 7.47. The van der Waals surface area contributed by atoms with Gasteiger partial charge in [-0.05, 0) is 54.4 Å². The van der Waals surface area contributed by atoms with Crippen molar-refractivity contribution in [2.24, 2.45) is 0 Å². The van der Waals surface area contributed by atoms with Crippen molar-refractivity contribution >= 4 is 61.5 Å². The number of nitrogens with zero attached hydrogens (tertiary/aromatic N) is 3. The molecule has 1 aliphatic heterocycles. The van der Waals surface area contributed by atoms with E-state index in [-0.39, 0.29) is 15.8 Å². The molecule has 0 saturated carbocycles. The number of sulfonamides is 1. The van der Waals surface area contributed by atoms with Gasteiger partial charge in [0.05, 0.1) is 26.8 Å². The number of fused-ring (bicyclic) bond motifs is 2. The summed E-state index contributed by atoms with van der Waals surface area (Å²) in [5.74, 6) is 0.429. The zero-order valence-corrected chi connectivity index (χ0v) is 19.6. The Labute approximate surface area is 199 Å². The van der Waals surface area contributed by atoms with Crippen LogP contribution in [0.1, 0.15) is 12.5 Å². The Kier molecular flexibility index (Phi) is 5.27. The molecular weight excluding hydrogens is 485 g/mol. The highest BCUT2D eigenvalue weighted by Gasteiger charge is 2.27. The number of aromatic nitrogens is 3. The fraction of sp³-hybridized carbons (Fsp3) is 0.136. The second-order valence-corrected chi connectivity index (χ2v) is 10.1. The molecule has 1 amide bonds. The van der Waals surface area contributed by atoms with E-state index < -0.39 is 10.0 Å². The number of pyridine rings is 1. The van der Waals surface area contributed by atoms with Crippen LogP contribution < -0.4 is 9.62 Å². The minimum absolute atomic E-state index is 0.0379. The molecule has 8 nitrogen and oxygen atoms in total. The number of amides is 1. The first kappa shape index (κ1) is 21.7. The minimum atomic E-state index is -3.97. The van der Waals surface area contributed by atoms with E-state index in [4.69, 9.17) is 23.2 Å². The van der Waals surface area contributed by atoms with Crippen LogP contribution >= 0.6 is 23.2 Å². The molecule has 5 rings (SSSR count). The summed E-state index contributed by atoms with van der Waals surface area (Å²) in [6.45, 7) is 1.97. The number of anilines is 2. The van der Waals surface area contributed by atoms with Gasteiger partial charge in [0.25, 0.3) is 10.0 Å². The van der Waals surface area contributed by atoms with Crippen molar-refractivity contribution in [1.82, 2.24) is 15.0 Å². The first-order valence-corrected chi connectivity index (χ1v) is 12.2. The number of hydrogen-bond acceptors (Lipinski definition) is 5. The molecule has 11 heteroatoms. The highest BCUT2D eigenvalue weighted by atomic mass is 35.5. The van der Waals surface area contributed by atoms with Crippen molar-refractivity contribution < 1.29 is 13.2 Å². The van der Waals surface area contributed by atoms with Crippen LogP contribution in [-0.2, 0) is 21.2 Å². The lowest BCUT2D eigenvalue weighted by molar-refractivity contribution is -0.116. The molecular formula is C22H17Cl2N5O3S. The third kappa shape index (κ3) is 4.03. The Morgan fingerprint density at radius 1 is 1.15 bits per heavy atom.